The maximum Gasteiger partial charge on any atom is 3.00 e. The number of imidazole rings is 1. The van der Waals surface area contributed by atoms with Gasteiger partial charge in [0.1, 0.15) is 11.3 Å². The van der Waals surface area contributed by atoms with Crippen molar-refractivity contribution >= 4 is 11.0 Å². The fourth-order valence-electron chi connectivity index (χ4n) is 4.54. The van der Waals surface area contributed by atoms with Crippen LogP contribution in [0.25, 0.3) is 33.7 Å². The van der Waals surface area contributed by atoms with Crippen LogP contribution in [0.15, 0.2) is 109 Å². The SMILES string of the molecule is CC(C)c1cc[c-]c2c1Oc1cccc3c1[n+]-2[c-]n3-c1ccccc1.[Ir+3].[c-]1ccccc1-c1ccccn1. The van der Waals surface area contributed by atoms with Gasteiger partial charge >= 0.3 is 20.1 Å². The molecule has 7 rings (SSSR count). The summed E-state index contributed by atoms with van der Waals surface area (Å²) in [5.41, 5.74) is 7.28. The first-order chi connectivity index (χ1) is 18.2. The number of rotatable bonds is 3. The molecule has 0 aliphatic carbocycles. The van der Waals surface area contributed by atoms with Crippen LogP contribution < -0.4 is 9.30 Å². The van der Waals surface area contributed by atoms with Crippen molar-refractivity contribution in [3.05, 3.63) is 133 Å². The second-order valence-corrected chi connectivity index (χ2v) is 9.09. The van der Waals surface area contributed by atoms with Gasteiger partial charge in [-0.3, -0.25) is 4.57 Å². The van der Waals surface area contributed by atoms with Crippen molar-refractivity contribution < 1.29 is 29.4 Å². The standard InChI is InChI=1S/C22H17N2O.C11H8N.Ir/c1-15(2)17-10-6-12-19-22(17)25-20-13-7-11-18-21(20)24(19)14-23(18)16-8-4-3-5-9-16;1-2-6-10(7-3-1)11-8-4-5-9-12-11;/h3-11,13,15H,1-2H3;1-6,8-9H;/q2*-1;+3. The van der Waals surface area contributed by atoms with Crippen LogP contribution in [0.5, 0.6) is 11.5 Å². The third kappa shape index (κ3) is 4.79. The minimum Gasteiger partial charge on any atom is -0.523 e. The van der Waals surface area contributed by atoms with E-state index in [1.54, 1.807) is 6.20 Å². The third-order valence-corrected chi connectivity index (χ3v) is 6.32. The number of hydrogen-bond acceptors (Lipinski definition) is 2. The third-order valence-electron chi connectivity index (χ3n) is 6.32. The number of nitrogens with zero attached hydrogens (tertiary/aromatic N) is 3. The molecule has 4 aromatic carbocycles. The van der Waals surface area contributed by atoms with Gasteiger partial charge in [-0.15, -0.1) is 41.5 Å². The second kappa shape index (κ2) is 11.1. The molecule has 0 bridgehead atoms. The summed E-state index contributed by atoms with van der Waals surface area (Å²) in [5.74, 6) is 2.11. The number of hydrogen-bond donors (Lipinski definition) is 0. The molecule has 0 amide bonds. The van der Waals surface area contributed by atoms with E-state index in [1.807, 2.05) is 78.9 Å². The topological polar surface area (TPSA) is 30.9 Å². The van der Waals surface area contributed by atoms with Crippen LogP contribution in [-0.2, 0) is 20.1 Å². The van der Waals surface area contributed by atoms with E-state index in [-0.39, 0.29) is 20.1 Å². The molecule has 1 aliphatic rings. The summed E-state index contributed by atoms with van der Waals surface area (Å²) in [5, 5.41) is 0. The fourth-order valence-corrected chi connectivity index (χ4v) is 4.54. The number of fused-ring (bicyclic) bond motifs is 2. The summed E-state index contributed by atoms with van der Waals surface area (Å²) < 4.78 is 10.5. The Balaban J connectivity index is 0.000000191. The molecular weight excluding hydrogens is 647 g/mol. The van der Waals surface area contributed by atoms with E-state index in [4.69, 9.17) is 4.74 Å². The largest absolute Gasteiger partial charge is 3.00 e. The van der Waals surface area contributed by atoms with Crippen molar-refractivity contribution in [2.24, 2.45) is 0 Å². The van der Waals surface area contributed by atoms with Gasteiger partial charge in [-0.1, -0.05) is 56.3 Å². The molecule has 0 saturated heterocycles. The predicted molar refractivity (Wildman–Crippen MR) is 145 cm³/mol. The average Bonchev–Trinajstić information content (AvgIpc) is 3.36. The number of benzene rings is 4. The molecule has 0 saturated carbocycles. The number of aromatic nitrogens is 3. The Hall–Kier alpha value is -4.05. The van der Waals surface area contributed by atoms with Crippen LogP contribution in [0.2, 0.25) is 0 Å². The maximum atomic E-state index is 6.31. The molecule has 186 valence electrons. The van der Waals surface area contributed by atoms with Crippen LogP contribution >= 0.6 is 0 Å². The molecule has 38 heavy (non-hydrogen) atoms. The van der Waals surface area contributed by atoms with Crippen molar-refractivity contribution in [2.45, 2.75) is 19.8 Å². The zero-order valence-corrected chi connectivity index (χ0v) is 23.4. The van der Waals surface area contributed by atoms with Gasteiger partial charge in [0.25, 0.3) is 6.33 Å². The van der Waals surface area contributed by atoms with Crippen molar-refractivity contribution in [1.29, 1.82) is 0 Å². The van der Waals surface area contributed by atoms with E-state index in [9.17, 15) is 0 Å². The van der Waals surface area contributed by atoms with E-state index < -0.39 is 0 Å². The Labute approximate surface area is 236 Å². The Kier molecular flexibility index (Phi) is 7.50. The van der Waals surface area contributed by atoms with Crippen molar-refractivity contribution in [3.63, 3.8) is 0 Å². The minimum atomic E-state index is 0. The quantitative estimate of drug-likeness (QED) is 0.146. The van der Waals surface area contributed by atoms with Gasteiger partial charge in [-0.25, -0.2) is 0 Å². The zero-order chi connectivity index (χ0) is 25.2. The first kappa shape index (κ1) is 25.6. The monoisotopic (exact) mass is 672 g/mol. The Morgan fingerprint density at radius 2 is 1.63 bits per heavy atom. The number of ether oxygens (including phenoxy) is 1. The van der Waals surface area contributed by atoms with E-state index in [1.165, 1.54) is 5.56 Å². The fraction of sp³-hybridized carbons (Fsp3) is 0.0909. The van der Waals surface area contributed by atoms with E-state index in [0.717, 1.165) is 45.2 Å². The molecule has 0 radical (unpaired) electrons. The molecule has 2 aromatic heterocycles. The van der Waals surface area contributed by atoms with E-state index >= 15 is 0 Å². The van der Waals surface area contributed by atoms with Crippen LogP contribution in [0.1, 0.15) is 25.3 Å². The number of para-hydroxylation sites is 2. The Bertz CT molecular complexity index is 1630. The molecule has 0 N–H and O–H groups in total. The smallest absolute Gasteiger partial charge is 0.523 e. The predicted octanol–water partition coefficient (Wildman–Crippen LogP) is 7.28. The summed E-state index contributed by atoms with van der Waals surface area (Å²) in [6, 6.07) is 40.6. The first-order valence-corrected chi connectivity index (χ1v) is 12.4. The summed E-state index contributed by atoms with van der Waals surface area (Å²) in [6.07, 6.45) is 5.28. The normalized spacial score (nSPS) is 11.1. The first-order valence-electron chi connectivity index (χ1n) is 12.4. The molecule has 0 fully saturated rings. The minimum absolute atomic E-state index is 0. The van der Waals surface area contributed by atoms with Crippen LogP contribution in [0, 0.1) is 18.5 Å². The van der Waals surface area contributed by atoms with Crippen molar-refractivity contribution in [3.8, 4) is 34.1 Å². The molecule has 0 spiro atoms. The molecular formula is C33H25IrN3O+. The van der Waals surface area contributed by atoms with Gasteiger partial charge in [0, 0.05) is 11.9 Å². The molecule has 0 atom stereocenters. The molecule has 4 nitrogen and oxygen atoms in total. The van der Waals surface area contributed by atoms with Gasteiger partial charge in [0.05, 0.1) is 11.2 Å². The average molecular weight is 672 g/mol. The second-order valence-electron chi connectivity index (χ2n) is 9.09. The molecule has 1 aliphatic heterocycles. The summed E-state index contributed by atoms with van der Waals surface area (Å²) in [7, 11) is 0. The van der Waals surface area contributed by atoms with Crippen LogP contribution in [0.3, 0.4) is 0 Å². The molecule has 0 unspecified atom stereocenters. The van der Waals surface area contributed by atoms with Gasteiger partial charge < -0.3 is 14.3 Å². The van der Waals surface area contributed by atoms with Gasteiger partial charge in [0.2, 0.25) is 0 Å². The van der Waals surface area contributed by atoms with E-state index in [0.29, 0.717) is 5.92 Å². The molecule has 5 heteroatoms. The summed E-state index contributed by atoms with van der Waals surface area (Å²) >= 11 is 0. The van der Waals surface area contributed by atoms with Gasteiger partial charge in [-0.05, 0) is 41.6 Å². The Morgan fingerprint density at radius 3 is 2.37 bits per heavy atom. The molecule has 3 heterocycles. The van der Waals surface area contributed by atoms with Gasteiger partial charge in [0.15, 0.2) is 0 Å². The van der Waals surface area contributed by atoms with Crippen molar-refractivity contribution in [2.75, 3.05) is 0 Å². The summed E-state index contributed by atoms with van der Waals surface area (Å²) in [6.45, 7) is 4.36. The van der Waals surface area contributed by atoms with Gasteiger partial charge in [-0.2, -0.15) is 18.2 Å². The van der Waals surface area contributed by atoms with Crippen LogP contribution in [-0.4, -0.2) is 9.55 Å². The number of pyridine rings is 1. The van der Waals surface area contributed by atoms with Crippen molar-refractivity contribution in [1.82, 2.24) is 9.55 Å². The van der Waals surface area contributed by atoms with Crippen LogP contribution in [0.4, 0.5) is 0 Å². The maximum absolute atomic E-state index is 6.31. The van der Waals surface area contributed by atoms with E-state index in [2.05, 4.69) is 70.7 Å². The summed E-state index contributed by atoms with van der Waals surface area (Å²) in [4.78, 5) is 4.22. The zero-order valence-electron chi connectivity index (χ0n) is 21.1. The Morgan fingerprint density at radius 1 is 0.816 bits per heavy atom. The molecule has 6 aromatic rings.